The number of aromatic nitrogens is 2. The van der Waals surface area contributed by atoms with Crippen molar-refractivity contribution in [3.05, 3.63) is 69.3 Å². The van der Waals surface area contributed by atoms with E-state index in [1.807, 2.05) is 39.8 Å². The molecule has 3 aromatic rings. The highest BCUT2D eigenvalue weighted by Crippen LogP contribution is 2.31. The second-order valence-electron chi connectivity index (χ2n) is 8.81. The SMILES string of the molecule is CC.Cc1cc(C(C)Nc2ccccc2C(=O)O)c2nc(C3CCN(C)C(=O)C3)n(C)c(=O)c2c1. The van der Waals surface area contributed by atoms with Crippen molar-refractivity contribution in [1.82, 2.24) is 14.5 Å². The standard InChI is InChI=1S/C25H28N4O4.C2H6/c1-14-11-18(15(2)26-20-8-6-5-7-17(20)25(32)33)22-19(12-14)24(31)29(4)23(27-22)16-9-10-28(3)21(30)13-16;1-2/h5-8,11-12,15-16,26H,9-10,13H2,1-4H3,(H,32,33);1-2H3. The van der Waals surface area contributed by atoms with Gasteiger partial charge < -0.3 is 15.3 Å². The van der Waals surface area contributed by atoms with Crippen molar-refractivity contribution in [3.8, 4) is 0 Å². The summed E-state index contributed by atoms with van der Waals surface area (Å²) < 4.78 is 1.56. The predicted octanol–water partition coefficient (Wildman–Crippen LogP) is 4.48. The minimum absolute atomic E-state index is 0.0463. The molecule has 2 unspecified atom stereocenters. The molecule has 2 heterocycles. The highest BCUT2D eigenvalue weighted by Gasteiger charge is 2.28. The molecule has 186 valence electrons. The number of benzene rings is 2. The first-order valence-corrected chi connectivity index (χ1v) is 12.0. The van der Waals surface area contributed by atoms with E-state index in [1.54, 1.807) is 47.8 Å². The number of anilines is 1. The molecule has 1 saturated heterocycles. The molecule has 0 saturated carbocycles. The van der Waals surface area contributed by atoms with Gasteiger partial charge in [0.25, 0.3) is 5.56 Å². The first-order chi connectivity index (χ1) is 16.7. The molecule has 0 spiro atoms. The third kappa shape index (κ3) is 5.21. The predicted molar refractivity (Wildman–Crippen MR) is 138 cm³/mol. The van der Waals surface area contributed by atoms with Gasteiger partial charge in [0.05, 0.1) is 22.5 Å². The number of aromatic carboxylic acids is 1. The summed E-state index contributed by atoms with van der Waals surface area (Å²) in [6.07, 6.45) is 1.07. The molecule has 0 aliphatic carbocycles. The molecular weight excluding hydrogens is 444 g/mol. The third-order valence-electron chi connectivity index (χ3n) is 6.41. The number of aryl methyl sites for hydroxylation is 1. The van der Waals surface area contributed by atoms with E-state index in [0.29, 0.717) is 35.4 Å². The van der Waals surface area contributed by atoms with E-state index in [2.05, 4.69) is 5.32 Å². The second-order valence-corrected chi connectivity index (χ2v) is 8.81. The number of carboxylic acid groups (broad SMARTS) is 1. The Labute approximate surface area is 205 Å². The normalized spacial score (nSPS) is 16.5. The number of carboxylic acids is 1. The van der Waals surface area contributed by atoms with Gasteiger partial charge in [-0.3, -0.25) is 14.2 Å². The van der Waals surface area contributed by atoms with Gasteiger partial charge in [0.1, 0.15) is 5.82 Å². The minimum atomic E-state index is -1.01. The lowest BCUT2D eigenvalue weighted by Crippen LogP contribution is -2.37. The highest BCUT2D eigenvalue weighted by molar-refractivity contribution is 5.94. The van der Waals surface area contributed by atoms with Gasteiger partial charge in [-0.25, -0.2) is 9.78 Å². The average molecular weight is 479 g/mol. The molecule has 35 heavy (non-hydrogen) atoms. The minimum Gasteiger partial charge on any atom is -0.478 e. The molecular formula is C27H34N4O4. The van der Waals surface area contributed by atoms with E-state index < -0.39 is 5.97 Å². The number of para-hydroxylation sites is 1. The second kappa shape index (κ2) is 10.7. The summed E-state index contributed by atoms with van der Waals surface area (Å²) in [6.45, 7) is 8.47. The Hall–Kier alpha value is -3.68. The van der Waals surface area contributed by atoms with E-state index in [-0.39, 0.29) is 29.0 Å². The molecule has 0 radical (unpaired) electrons. The summed E-state index contributed by atoms with van der Waals surface area (Å²) in [5.74, 6) is -0.483. The molecule has 8 heteroatoms. The van der Waals surface area contributed by atoms with Crippen molar-refractivity contribution in [1.29, 1.82) is 0 Å². The van der Waals surface area contributed by atoms with E-state index in [9.17, 15) is 19.5 Å². The first kappa shape index (κ1) is 25.9. The van der Waals surface area contributed by atoms with Crippen LogP contribution in [0.5, 0.6) is 0 Å². The Morgan fingerprint density at radius 3 is 2.51 bits per heavy atom. The van der Waals surface area contributed by atoms with Crippen LogP contribution >= 0.6 is 0 Å². The molecule has 2 aromatic carbocycles. The molecule has 1 fully saturated rings. The van der Waals surface area contributed by atoms with Gasteiger partial charge in [-0.05, 0) is 44.0 Å². The summed E-state index contributed by atoms with van der Waals surface area (Å²) in [6, 6.07) is 10.2. The van der Waals surface area contributed by atoms with Gasteiger partial charge >= 0.3 is 5.97 Å². The first-order valence-electron chi connectivity index (χ1n) is 12.0. The Morgan fingerprint density at radius 2 is 1.86 bits per heavy atom. The quantitative estimate of drug-likeness (QED) is 0.560. The van der Waals surface area contributed by atoms with Gasteiger partial charge in [0.15, 0.2) is 0 Å². The molecule has 2 atom stereocenters. The summed E-state index contributed by atoms with van der Waals surface area (Å²) in [4.78, 5) is 43.8. The van der Waals surface area contributed by atoms with Crippen LogP contribution < -0.4 is 10.9 Å². The highest BCUT2D eigenvalue weighted by atomic mass is 16.4. The number of hydrogen-bond acceptors (Lipinski definition) is 5. The van der Waals surface area contributed by atoms with Gasteiger partial charge in [-0.1, -0.05) is 32.0 Å². The number of piperidine rings is 1. The summed E-state index contributed by atoms with van der Waals surface area (Å²) >= 11 is 0. The van der Waals surface area contributed by atoms with E-state index >= 15 is 0 Å². The van der Waals surface area contributed by atoms with Gasteiger partial charge in [-0.2, -0.15) is 0 Å². The van der Waals surface area contributed by atoms with Crippen LogP contribution in [-0.2, 0) is 11.8 Å². The van der Waals surface area contributed by atoms with Crippen molar-refractivity contribution in [2.75, 3.05) is 18.9 Å². The molecule has 1 aromatic heterocycles. The number of carbonyl (C=O) groups is 2. The largest absolute Gasteiger partial charge is 0.478 e. The molecule has 1 aliphatic heterocycles. The Balaban J connectivity index is 0.00000167. The Bertz CT molecular complexity index is 1310. The zero-order chi connectivity index (χ0) is 25.9. The summed E-state index contributed by atoms with van der Waals surface area (Å²) in [7, 11) is 3.49. The topological polar surface area (TPSA) is 105 Å². The molecule has 1 amide bonds. The zero-order valence-corrected chi connectivity index (χ0v) is 21.3. The van der Waals surface area contributed by atoms with Crippen molar-refractivity contribution >= 4 is 28.5 Å². The maximum absolute atomic E-state index is 13.3. The summed E-state index contributed by atoms with van der Waals surface area (Å²) in [5, 5.41) is 13.3. The van der Waals surface area contributed by atoms with Gasteiger partial charge in [-0.15, -0.1) is 0 Å². The number of hydrogen-bond donors (Lipinski definition) is 2. The Kier molecular flexibility index (Phi) is 7.94. The number of likely N-dealkylation sites (tertiary alicyclic amines) is 1. The van der Waals surface area contributed by atoms with Crippen molar-refractivity contribution < 1.29 is 14.7 Å². The third-order valence-corrected chi connectivity index (χ3v) is 6.41. The van der Waals surface area contributed by atoms with Crippen molar-refractivity contribution in [3.63, 3.8) is 0 Å². The number of nitrogens with zero attached hydrogens (tertiary/aromatic N) is 3. The fourth-order valence-electron chi connectivity index (χ4n) is 4.53. The number of rotatable bonds is 5. The number of nitrogens with one attached hydrogen (secondary N) is 1. The maximum atomic E-state index is 13.3. The average Bonchev–Trinajstić information content (AvgIpc) is 2.84. The van der Waals surface area contributed by atoms with E-state index in [1.165, 1.54) is 0 Å². The molecule has 4 rings (SSSR count). The smallest absolute Gasteiger partial charge is 0.337 e. The van der Waals surface area contributed by atoms with Crippen LogP contribution in [0.3, 0.4) is 0 Å². The molecule has 1 aliphatic rings. The van der Waals surface area contributed by atoms with E-state index in [0.717, 1.165) is 17.5 Å². The van der Waals surface area contributed by atoms with Crippen LogP contribution in [0, 0.1) is 6.92 Å². The van der Waals surface area contributed by atoms with Crippen molar-refractivity contribution in [2.45, 2.75) is 52.5 Å². The number of fused-ring (bicyclic) bond motifs is 1. The van der Waals surface area contributed by atoms with Crippen LogP contribution in [0.15, 0.2) is 41.2 Å². The zero-order valence-electron chi connectivity index (χ0n) is 21.3. The lowest BCUT2D eigenvalue weighted by atomic mass is 9.94. The van der Waals surface area contributed by atoms with Crippen LogP contribution in [0.4, 0.5) is 5.69 Å². The number of amides is 1. The maximum Gasteiger partial charge on any atom is 0.337 e. The van der Waals surface area contributed by atoms with E-state index in [4.69, 9.17) is 4.98 Å². The van der Waals surface area contributed by atoms with Gasteiger partial charge in [0.2, 0.25) is 5.91 Å². The monoisotopic (exact) mass is 478 g/mol. The number of carbonyl (C=O) groups excluding carboxylic acids is 1. The van der Waals surface area contributed by atoms with Gasteiger partial charge in [0, 0.05) is 44.2 Å². The van der Waals surface area contributed by atoms with Crippen LogP contribution in [0.1, 0.15) is 72.9 Å². The lowest BCUT2D eigenvalue weighted by molar-refractivity contribution is -0.132. The van der Waals surface area contributed by atoms with Crippen LogP contribution in [0.25, 0.3) is 10.9 Å². The lowest BCUT2D eigenvalue weighted by Gasteiger charge is -2.29. The fraction of sp³-hybridized carbons (Fsp3) is 0.407. The Morgan fingerprint density at radius 1 is 1.17 bits per heavy atom. The van der Waals surface area contributed by atoms with Crippen LogP contribution in [0.2, 0.25) is 0 Å². The fourth-order valence-corrected chi connectivity index (χ4v) is 4.53. The summed E-state index contributed by atoms with van der Waals surface area (Å²) in [5.41, 5.74) is 2.83. The molecule has 2 N–H and O–H groups in total. The van der Waals surface area contributed by atoms with Crippen LogP contribution in [-0.4, -0.2) is 45.0 Å². The molecule has 0 bridgehead atoms. The molecule has 8 nitrogen and oxygen atoms in total. The van der Waals surface area contributed by atoms with Crippen molar-refractivity contribution in [2.24, 2.45) is 7.05 Å².